The maximum atomic E-state index is 11.1. The van der Waals surface area contributed by atoms with E-state index in [1.807, 2.05) is 6.92 Å². The third-order valence-electron chi connectivity index (χ3n) is 3.88. The van der Waals surface area contributed by atoms with Gasteiger partial charge >= 0.3 is 17.9 Å². The van der Waals surface area contributed by atoms with E-state index in [0.717, 1.165) is 32.1 Å². The molecule has 0 aliphatic rings. The van der Waals surface area contributed by atoms with Gasteiger partial charge in [0.2, 0.25) is 0 Å². The lowest BCUT2D eigenvalue weighted by atomic mass is 9.94. The Bertz CT molecular complexity index is 353. The molecule has 0 heterocycles. The number of hydrogen-bond acceptors (Lipinski definition) is 3. The largest absolute Gasteiger partial charge is 0.481 e. The first-order valence-electron chi connectivity index (χ1n) is 8.05. The Morgan fingerprint density at radius 1 is 0.727 bits per heavy atom. The lowest BCUT2D eigenvalue weighted by molar-refractivity contribution is -0.148. The predicted molar refractivity (Wildman–Crippen MR) is 81.7 cm³/mol. The van der Waals surface area contributed by atoms with Crippen molar-refractivity contribution < 1.29 is 29.7 Å². The van der Waals surface area contributed by atoms with E-state index in [9.17, 15) is 14.4 Å². The average molecular weight is 316 g/mol. The zero-order chi connectivity index (χ0) is 17.0. The SMILES string of the molecule is CCCCC(CCCCCCC(CC(=O)O)C(=O)O)C(=O)O. The molecular formula is C16H28O6. The molecule has 6 nitrogen and oxygen atoms in total. The van der Waals surface area contributed by atoms with Crippen molar-refractivity contribution in [2.45, 2.75) is 71.1 Å². The predicted octanol–water partition coefficient (Wildman–Crippen LogP) is 3.39. The van der Waals surface area contributed by atoms with Crippen LogP contribution in [0, 0.1) is 11.8 Å². The Kier molecular flexibility index (Phi) is 11.1. The van der Waals surface area contributed by atoms with Gasteiger partial charge in [0.25, 0.3) is 0 Å². The molecule has 0 rings (SSSR count). The summed E-state index contributed by atoms with van der Waals surface area (Å²) in [6.07, 6.45) is 6.45. The number of carboxylic acid groups (broad SMARTS) is 3. The summed E-state index contributed by atoms with van der Waals surface area (Å²) in [7, 11) is 0. The van der Waals surface area contributed by atoms with Crippen molar-refractivity contribution in [2.75, 3.05) is 0 Å². The Morgan fingerprint density at radius 3 is 1.59 bits per heavy atom. The summed E-state index contributed by atoms with van der Waals surface area (Å²) in [4.78, 5) is 32.5. The van der Waals surface area contributed by atoms with E-state index in [-0.39, 0.29) is 12.3 Å². The van der Waals surface area contributed by atoms with Gasteiger partial charge in [-0.1, -0.05) is 45.4 Å². The molecule has 0 saturated carbocycles. The Morgan fingerprint density at radius 2 is 1.18 bits per heavy atom. The summed E-state index contributed by atoms with van der Waals surface area (Å²) < 4.78 is 0. The number of hydrogen-bond donors (Lipinski definition) is 3. The summed E-state index contributed by atoms with van der Waals surface area (Å²) in [5.74, 6) is -3.99. The number of unbranched alkanes of at least 4 members (excludes halogenated alkanes) is 4. The molecule has 22 heavy (non-hydrogen) atoms. The highest BCUT2D eigenvalue weighted by Crippen LogP contribution is 2.19. The third kappa shape index (κ3) is 10.2. The fourth-order valence-electron chi connectivity index (χ4n) is 2.50. The molecule has 128 valence electrons. The van der Waals surface area contributed by atoms with Crippen molar-refractivity contribution in [3.63, 3.8) is 0 Å². The van der Waals surface area contributed by atoms with E-state index < -0.39 is 23.8 Å². The summed E-state index contributed by atoms with van der Waals surface area (Å²) in [6, 6.07) is 0. The molecular weight excluding hydrogens is 288 g/mol. The molecule has 0 radical (unpaired) electrons. The number of carboxylic acids is 3. The van der Waals surface area contributed by atoms with Gasteiger partial charge in [-0.05, 0) is 19.3 Å². The van der Waals surface area contributed by atoms with Gasteiger partial charge in [0.1, 0.15) is 0 Å². The van der Waals surface area contributed by atoms with E-state index in [4.69, 9.17) is 15.3 Å². The second-order valence-corrected chi connectivity index (χ2v) is 5.80. The van der Waals surface area contributed by atoms with Crippen molar-refractivity contribution in [2.24, 2.45) is 11.8 Å². The minimum atomic E-state index is -1.09. The molecule has 0 amide bonds. The van der Waals surface area contributed by atoms with Crippen LogP contribution in [0.5, 0.6) is 0 Å². The fraction of sp³-hybridized carbons (Fsp3) is 0.812. The first kappa shape index (κ1) is 20.4. The van der Waals surface area contributed by atoms with Crippen LogP contribution < -0.4 is 0 Å². The molecule has 0 saturated heterocycles. The molecule has 6 heteroatoms. The van der Waals surface area contributed by atoms with Gasteiger partial charge in [0.05, 0.1) is 18.3 Å². The molecule has 0 spiro atoms. The molecule has 3 N–H and O–H groups in total. The van der Waals surface area contributed by atoms with Gasteiger partial charge < -0.3 is 15.3 Å². The van der Waals surface area contributed by atoms with E-state index >= 15 is 0 Å². The Labute approximate surface area is 131 Å². The number of rotatable bonds is 14. The maximum absolute atomic E-state index is 11.1. The smallest absolute Gasteiger partial charge is 0.307 e. The van der Waals surface area contributed by atoms with Crippen molar-refractivity contribution >= 4 is 17.9 Å². The molecule has 0 aromatic carbocycles. The summed E-state index contributed by atoms with van der Waals surface area (Å²) in [5.41, 5.74) is 0. The molecule has 2 unspecified atom stereocenters. The molecule has 0 fully saturated rings. The zero-order valence-corrected chi connectivity index (χ0v) is 13.3. The fourth-order valence-corrected chi connectivity index (χ4v) is 2.50. The number of aliphatic carboxylic acids is 3. The topological polar surface area (TPSA) is 112 Å². The third-order valence-corrected chi connectivity index (χ3v) is 3.88. The number of carbonyl (C=O) groups is 3. The van der Waals surface area contributed by atoms with Gasteiger partial charge in [0.15, 0.2) is 0 Å². The second kappa shape index (κ2) is 12.0. The van der Waals surface area contributed by atoms with Crippen LogP contribution in [0.4, 0.5) is 0 Å². The lowest BCUT2D eigenvalue weighted by Crippen LogP contribution is -2.17. The van der Waals surface area contributed by atoms with Crippen LogP contribution in [0.15, 0.2) is 0 Å². The van der Waals surface area contributed by atoms with Crippen molar-refractivity contribution in [3.05, 3.63) is 0 Å². The van der Waals surface area contributed by atoms with Gasteiger partial charge in [-0.2, -0.15) is 0 Å². The quantitative estimate of drug-likeness (QED) is 0.423. The van der Waals surface area contributed by atoms with E-state index in [1.165, 1.54) is 0 Å². The van der Waals surface area contributed by atoms with Gasteiger partial charge in [-0.15, -0.1) is 0 Å². The van der Waals surface area contributed by atoms with Crippen LogP contribution in [0.2, 0.25) is 0 Å². The van der Waals surface area contributed by atoms with Crippen LogP contribution >= 0.6 is 0 Å². The summed E-state index contributed by atoms with van der Waals surface area (Å²) in [5, 5.41) is 26.7. The molecule has 0 aromatic heterocycles. The van der Waals surface area contributed by atoms with Gasteiger partial charge in [0, 0.05) is 0 Å². The first-order chi connectivity index (χ1) is 10.4. The lowest BCUT2D eigenvalue weighted by Gasteiger charge is -2.12. The standard InChI is InChI=1S/C16H28O6/c1-2-3-8-12(15(19)20)9-6-4-5-7-10-13(16(21)22)11-14(17)18/h12-13H,2-11H2,1H3,(H,17,18)(H,19,20)(H,21,22). The summed E-state index contributed by atoms with van der Waals surface area (Å²) in [6.45, 7) is 2.04. The first-order valence-corrected chi connectivity index (χ1v) is 8.05. The second-order valence-electron chi connectivity index (χ2n) is 5.80. The molecule has 2 atom stereocenters. The normalized spacial score (nSPS) is 13.5. The molecule has 0 bridgehead atoms. The molecule has 0 aromatic rings. The maximum Gasteiger partial charge on any atom is 0.307 e. The van der Waals surface area contributed by atoms with Crippen molar-refractivity contribution in [1.29, 1.82) is 0 Å². The molecule has 0 aliphatic heterocycles. The van der Waals surface area contributed by atoms with Crippen LogP contribution in [-0.4, -0.2) is 33.2 Å². The monoisotopic (exact) mass is 316 g/mol. The van der Waals surface area contributed by atoms with Crippen LogP contribution in [-0.2, 0) is 14.4 Å². The zero-order valence-electron chi connectivity index (χ0n) is 13.3. The summed E-state index contributed by atoms with van der Waals surface area (Å²) >= 11 is 0. The van der Waals surface area contributed by atoms with Crippen LogP contribution in [0.3, 0.4) is 0 Å². The van der Waals surface area contributed by atoms with Crippen molar-refractivity contribution in [1.82, 2.24) is 0 Å². The van der Waals surface area contributed by atoms with Gasteiger partial charge in [-0.25, -0.2) is 0 Å². The molecule has 0 aliphatic carbocycles. The van der Waals surface area contributed by atoms with Crippen LogP contribution in [0.25, 0.3) is 0 Å². The van der Waals surface area contributed by atoms with Gasteiger partial charge in [-0.3, -0.25) is 14.4 Å². The highest BCUT2D eigenvalue weighted by atomic mass is 16.4. The van der Waals surface area contributed by atoms with E-state index in [2.05, 4.69) is 0 Å². The Balaban J connectivity index is 3.84. The minimum Gasteiger partial charge on any atom is -0.481 e. The average Bonchev–Trinajstić information content (AvgIpc) is 2.43. The van der Waals surface area contributed by atoms with E-state index in [1.54, 1.807) is 0 Å². The van der Waals surface area contributed by atoms with E-state index in [0.29, 0.717) is 25.7 Å². The van der Waals surface area contributed by atoms with Crippen LogP contribution in [0.1, 0.15) is 71.1 Å². The Hall–Kier alpha value is -1.59. The highest BCUT2D eigenvalue weighted by molar-refractivity contribution is 5.77. The highest BCUT2D eigenvalue weighted by Gasteiger charge is 2.20. The van der Waals surface area contributed by atoms with Crippen molar-refractivity contribution in [3.8, 4) is 0 Å². The minimum absolute atomic E-state index is 0.279.